The number of aliphatic hydroxyl groups excluding tert-OH is 4. The molecule has 0 spiro atoms. The number of non-ortho nitro benzene ring substituents is 2. The summed E-state index contributed by atoms with van der Waals surface area (Å²) in [6.07, 6.45) is 8.95. The van der Waals surface area contributed by atoms with Crippen molar-refractivity contribution in [1.82, 2.24) is 34.9 Å². The molecule has 5 aromatic carbocycles. The number of nitro benzene ring substituents is 2. The van der Waals surface area contributed by atoms with Crippen LogP contribution in [0.1, 0.15) is 143 Å². The lowest BCUT2D eigenvalue weighted by atomic mass is 9.96. The number of ether oxygens (including phenoxy) is 3. The van der Waals surface area contributed by atoms with E-state index < -0.39 is 17.9 Å². The van der Waals surface area contributed by atoms with Gasteiger partial charge < -0.3 is 82.2 Å². The van der Waals surface area contributed by atoms with E-state index in [0.717, 1.165) is 140 Å². The first-order chi connectivity index (χ1) is 53.6. The lowest BCUT2D eigenvalue weighted by Gasteiger charge is -2.34. The van der Waals surface area contributed by atoms with Gasteiger partial charge in [0.25, 0.3) is 11.4 Å². The number of hydrogen-bond donors (Lipinski definition) is 12. The number of imidazole rings is 1. The molecule has 6 aliphatic heterocycles. The van der Waals surface area contributed by atoms with Crippen molar-refractivity contribution in [3.05, 3.63) is 179 Å². The summed E-state index contributed by atoms with van der Waals surface area (Å²) in [6.45, 7) is 28.4. The van der Waals surface area contributed by atoms with Crippen molar-refractivity contribution in [2.45, 2.75) is 151 Å². The standard InChI is InChI=1S/C17H24N4O3.C17H24N4O.C13H17BrN2O3.C13H13NO4.C7H8N2O2.C7H13NO3.C6H13NO.ClH/c1-12-8-19(4-3-17(12)22)10-14-5-15(7-16(6-14)21(23)24)20-9-13(2)18-11-20;1-12-8-20(4-3-17(12)22)10-14-5-15(18)7-16(6-14)21-9-13(2)19-11-21;1-9-7-15(3-2-13(9)17)8-10-4-11(14)6-12(5-10)16(18)19;1-2-18-12(15)7-10-6-9-5-8(13(16)17)3-4-11(9)14-10;8-5-2-1-4(7(10)11)3-6(5)9;1-3-10-6(8)5-7(9)11-4-2;1-5-4-7-3-2-6(5)8;/h5-7,9,12,17-18,22H,3-4,8,10-11H2,1-2H3;5-7,9,11-12,17,22H,3-4,8,10,18H2,1-2H3;4-6,9,13,17H,2-3,7-8H2,1H3;3-5H,2,6-7H2,1H3,(H,16,17);1-3H,8-9H2,(H,10,11);8H,3-5H2,1-2H3;5-8H,2-4H2,1H3;1H. The van der Waals surface area contributed by atoms with Crippen LogP contribution >= 0.6 is 28.3 Å². The third kappa shape index (κ3) is 31.9. The van der Waals surface area contributed by atoms with Crippen LogP contribution in [-0.2, 0) is 49.9 Å². The number of nitrogen functional groups attached to an aromatic ring is 3. The number of aliphatic hydroxyl groups is 4. The van der Waals surface area contributed by atoms with Gasteiger partial charge in [-0.05, 0) is 180 Å². The number of hydrogen-bond acceptors (Lipinski definition) is 27. The van der Waals surface area contributed by atoms with Gasteiger partial charge in [-0.15, -0.1) is 12.4 Å². The van der Waals surface area contributed by atoms with Gasteiger partial charge in [-0.1, -0.05) is 43.6 Å². The zero-order valence-corrected chi connectivity index (χ0v) is 68.7. The van der Waals surface area contributed by atoms with Gasteiger partial charge >= 0.3 is 23.9 Å². The van der Waals surface area contributed by atoms with E-state index in [4.69, 9.17) is 47.4 Å². The van der Waals surface area contributed by atoms with E-state index in [1.54, 1.807) is 51.1 Å². The maximum Gasteiger partial charge on any atom is 0.335 e. The van der Waals surface area contributed by atoms with Gasteiger partial charge in [0.2, 0.25) is 0 Å². The number of piperidine rings is 4. The highest BCUT2D eigenvalue weighted by Gasteiger charge is 2.29. The van der Waals surface area contributed by atoms with E-state index in [0.29, 0.717) is 74.9 Å². The molecule has 7 heterocycles. The van der Waals surface area contributed by atoms with Gasteiger partial charge in [0, 0.05) is 141 Å². The van der Waals surface area contributed by atoms with Crippen molar-refractivity contribution in [3.8, 4) is 5.69 Å². The molecule has 32 nitrogen and oxygen atoms in total. The molecule has 12 rings (SSSR count). The number of nitrogens with two attached hydrogens (primary N) is 3. The summed E-state index contributed by atoms with van der Waals surface area (Å²) in [4.78, 5) is 82.0. The Morgan fingerprint density at radius 2 is 1.14 bits per heavy atom. The fourth-order valence-corrected chi connectivity index (χ4v) is 13.6. The first kappa shape index (κ1) is 94.9. The van der Waals surface area contributed by atoms with Crippen LogP contribution in [0.15, 0.2) is 125 Å². The fourth-order valence-electron chi connectivity index (χ4n) is 13.1. The summed E-state index contributed by atoms with van der Waals surface area (Å²) in [7, 11) is 0. The van der Waals surface area contributed by atoms with E-state index in [-0.39, 0.29) is 106 Å². The summed E-state index contributed by atoms with van der Waals surface area (Å²) < 4.78 is 16.9. The monoisotopic (exact) mass is 1670 g/mol. The van der Waals surface area contributed by atoms with Crippen LogP contribution in [0.3, 0.4) is 0 Å². The molecule has 8 unspecified atom stereocenters. The Morgan fingerprint density at radius 1 is 0.632 bits per heavy atom. The number of aromatic nitrogens is 2. The van der Waals surface area contributed by atoms with Gasteiger partial charge in [0.15, 0.2) is 5.90 Å². The number of nitro groups is 2. The van der Waals surface area contributed by atoms with Gasteiger partial charge in [0.1, 0.15) is 6.42 Å². The Balaban J connectivity index is 0.000000243. The molecule has 0 aliphatic carbocycles. The predicted molar refractivity (Wildman–Crippen MR) is 444 cm³/mol. The minimum Gasteiger partial charge on any atom is -0.481 e. The number of anilines is 4. The quantitative estimate of drug-likeness (QED) is 0.00895. The van der Waals surface area contributed by atoms with Crippen LogP contribution in [0.2, 0.25) is 0 Å². The Kier molecular flexibility index (Phi) is 39.3. The molecule has 34 heteroatoms. The van der Waals surface area contributed by atoms with Crippen molar-refractivity contribution >= 4 is 104 Å². The number of esters is 2. The summed E-state index contributed by atoms with van der Waals surface area (Å²) in [6, 6.07) is 25.4. The van der Waals surface area contributed by atoms with Crippen molar-refractivity contribution in [3.63, 3.8) is 0 Å². The molecule has 8 atom stereocenters. The maximum absolute atomic E-state index is 11.3. The lowest BCUT2D eigenvalue weighted by molar-refractivity contribution is -0.385. The second-order valence-corrected chi connectivity index (χ2v) is 29.8. The number of benzene rings is 5. The van der Waals surface area contributed by atoms with Crippen LogP contribution in [0.4, 0.5) is 39.8 Å². The van der Waals surface area contributed by atoms with Crippen LogP contribution in [0.5, 0.6) is 0 Å². The third-order valence-electron chi connectivity index (χ3n) is 19.3. The van der Waals surface area contributed by atoms with Gasteiger partial charge in [-0.2, -0.15) is 0 Å². The van der Waals surface area contributed by atoms with E-state index in [2.05, 4.69) is 75.9 Å². The van der Waals surface area contributed by atoms with Crippen LogP contribution in [0, 0.1) is 56.2 Å². The number of likely N-dealkylation sites (tertiary alicyclic amines) is 3. The average Bonchev–Trinajstić information content (AvgIpc) is 1.58. The molecule has 114 heavy (non-hydrogen) atoms. The smallest absolute Gasteiger partial charge is 0.335 e. The second-order valence-electron chi connectivity index (χ2n) is 28.9. The minimum absolute atomic E-state index is 0. The van der Waals surface area contributed by atoms with E-state index in [1.165, 1.54) is 35.9 Å². The number of carbonyl (C=O) groups is 4. The number of halogens is 2. The number of carboxylic acids is 2. The molecule has 4 saturated heterocycles. The first-order valence-electron chi connectivity index (χ1n) is 37.8. The number of rotatable bonds is 19. The van der Waals surface area contributed by atoms with E-state index >= 15 is 0 Å². The Labute approximate surface area is 680 Å². The third-order valence-corrected chi connectivity index (χ3v) is 19.7. The number of allylic oxidation sites excluding steroid dienone is 1. The Bertz CT molecular complexity index is 4220. The van der Waals surface area contributed by atoms with Crippen molar-refractivity contribution < 1.29 is 73.9 Å². The molecule has 624 valence electrons. The molecular weight excluding hydrogens is 1560 g/mol. The molecule has 0 bridgehead atoms. The molecule has 6 aromatic rings. The fraction of sp³-hybridized carbons (Fsp3) is 0.487. The zero-order chi connectivity index (χ0) is 83.2. The maximum atomic E-state index is 11.3. The molecule has 15 N–H and O–H groups in total. The number of carboxylic acid groups (broad SMARTS) is 2. The van der Waals surface area contributed by atoms with E-state index in [9.17, 15) is 54.7 Å². The SMILES string of the molecule is CC1=CN(c2cc(CN3CCC(O)C(C)C3)cc([N+](=O)[O-])c2)CN1.CC1CN(Cc2cc(Br)cc([N+](=O)[O-])c2)CCC1O.CC1CNCCC1O.CCOC(=N)CC(=O)OCC.CCOC(=O)CC1=Nc2ccc(C(=O)O)cc2C1.Cc1cn(-c2cc(N)cc(CN3CCC(O)C(C)C3)c2)cn1.Cl.Nc1ccc(C(=O)O)cc1N. The van der Waals surface area contributed by atoms with Crippen LogP contribution < -0.4 is 32.7 Å². The first-order valence-corrected chi connectivity index (χ1v) is 38.6. The number of aromatic carboxylic acids is 2. The number of aryl methyl sites for hydroxylation is 1. The molecular formula is C80H113BrClN15O17. The largest absolute Gasteiger partial charge is 0.481 e. The summed E-state index contributed by atoms with van der Waals surface area (Å²) in [5, 5.41) is 91.5. The molecule has 1 aromatic heterocycles. The van der Waals surface area contributed by atoms with Crippen molar-refractivity contribution in [2.24, 2.45) is 28.7 Å². The number of fused-ring (bicyclic) bond motifs is 1. The van der Waals surface area contributed by atoms with Crippen LogP contribution in [0.25, 0.3) is 5.69 Å². The minimum atomic E-state index is -1.00. The highest BCUT2D eigenvalue weighted by atomic mass is 79.9. The molecule has 0 saturated carbocycles. The summed E-state index contributed by atoms with van der Waals surface area (Å²) >= 11 is 3.30. The topological polar surface area (TPSA) is 473 Å². The van der Waals surface area contributed by atoms with Crippen molar-refractivity contribution in [1.29, 1.82) is 5.41 Å². The predicted octanol–water partition coefficient (Wildman–Crippen LogP) is 10.4. The highest BCUT2D eigenvalue weighted by Crippen LogP contribution is 2.32. The zero-order valence-electron chi connectivity index (χ0n) is 66.3. The average molecular weight is 1670 g/mol. The molecule has 6 aliphatic rings. The number of carbonyl (C=O) groups excluding carboxylic acids is 2. The lowest BCUT2D eigenvalue weighted by Crippen LogP contribution is -2.41. The van der Waals surface area contributed by atoms with Crippen molar-refractivity contribution in [2.75, 3.05) is 101 Å². The highest BCUT2D eigenvalue weighted by molar-refractivity contribution is 9.10. The van der Waals surface area contributed by atoms with Gasteiger partial charge in [0.05, 0.1) is 107 Å². The Morgan fingerprint density at radius 3 is 1.61 bits per heavy atom. The van der Waals surface area contributed by atoms with Gasteiger partial charge in [-0.25, -0.2) is 14.6 Å². The van der Waals surface area contributed by atoms with E-state index in [1.807, 2.05) is 80.2 Å². The molecule has 0 radical (unpaired) electrons. The number of nitrogens with one attached hydrogen (secondary N) is 3. The second kappa shape index (κ2) is 47.2. The summed E-state index contributed by atoms with van der Waals surface area (Å²) in [5.74, 6) is -1.47. The molecule has 0 amide bonds. The normalized spacial score (nSPS) is 20.2. The molecule has 4 fully saturated rings. The number of aliphatic imine (C=N–C) groups is 1. The number of nitrogens with zero attached hydrogens (tertiary/aromatic N) is 9. The Hall–Kier alpha value is -9.68. The summed E-state index contributed by atoms with van der Waals surface area (Å²) in [5.41, 5.74) is 28.1. The van der Waals surface area contributed by atoms with Gasteiger partial charge in [-0.3, -0.25) is 54.9 Å². The van der Waals surface area contributed by atoms with Crippen LogP contribution in [-0.4, -0.2) is 203 Å².